The van der Waals surface area contributed by atoms with Gasteiger partial charge in [0.1, 0.15) is 6.61 Å². The minimum absolute atomic E-state index is 0.132. The molecule has 1 saturated carbocycles. The first-order chi connectivity index (χ1) is 7.84. The van der Waals surface area contributed by atoms with Gasteiger partial charge in [0, 0.05) is 0 Å². The zero-order valence-electron chi connectivity index (χ0n) is 9.13. The molecule has 1 atom stereocenters. The van der Waals surface area contributed by atoms with Gasteiger partial charge in [0.05, 0.1) is 12.5 Å². The van der Waals surface area contributed by atoms with Crippen LogP contribution in [0.15, 0.2) is 30.3 Å². The molecule has 84 valence electrons. The van der Waals surface area contributed by atoms with E-state index in [4.69, 9.17) is 4.84 Å². The number of carbonyl (C=O) groups is 1. The summed E-state index contributed by atoms with van der Waals surface area (Å²) in [6, 6.07) is 10.3. The fourth-order valence-electron chi connectivity index (χ4n) is 2.15. The van der Waals surface area contributed by atoms with E-state index in [1.165, 1.54) is 12.8 Å². The van der Waals surface area contributed by atoms with Gasteiger partial charge in [0.25, 0.3) is 0 Å². The summed E-state index contributed by atoms with van der Waals surface area (Å²) in [6.45, 7) is 0.496. The summed E-state index contributed by atoms with van der Waals surface area (Å²) >= 11 is 0. The Morgan fingerprint density at radius 1 is 1.25 bits per heavy atom. The molecule has 0 aromatic heterocycles. The summed E-state index contributed by atoms with van der Waals surface area (Å²) in [5, 5.41) is 1.59. The molecular weight excluding hydrogens is 202 g/mol. The average Bonchev–Trinajstić information content (AvgIpc) is 3.11. The lowest BCUT2D eigenvalue weighted by atomic mass is 10.0. The van der Waals surface area contributed by atoms with Crippen molar-refractivity contribution in [3.05, 3.63) is 35.9 Å². The molecule has 0 radical (unpaired) electrons. The number of benzene rings is 1. The number of rotatable bonds is 4. The zero-order valence-corrected chi connectivity index (χ0v) is 9.13. The molecule has 1 saturated heterocycles. The summed E-state index contributed by atoms with van der Waals surface area (Å²) < 4.78 is 0. The average molecular weight is 217 g/mol. The van der Waals surface area contributed by atoms with Crippen LogP contribution in [0.4, 0.5) is 0 Å². The second-order valence-corrected chi connectivity index (χ2v) is 4.59. The van der Waals surface area contributed by atoms with Gasteiger partial charge in [-0.05, 0) is 24.3 Å². The van der Waals surface area contributed by atoms with Crippen molar-refractivity contribution in [3.63, 3.8) is 0 Å². The molecule has 2 fully saturated rings. The quantitative estimate of drug-likeness (QED) is 0.723. The molecule has 0 spiro atoms. The minimum atomic E-state index is 0.132. The van der Waals surface area contributed by atoms with E-state index in [-0.39, 0.29) is 5.91 Å². The van der Waals surface area contributed by atoms with Crippen LogP contribution in [0.3, 0.4) is 0 Å². The number of amides is 1. The maximum atomic E-state index is 11.4. The second kappa shape index (κ2) is 3.91. The Kier molecular flexibility index (Phi) is 2.40. The summed E-state index contributed by atoms with van der Waals surface area (Å²) in [5.74, 6) is 0.835. The van der Waals surface area contributed by atoms with Gasteiger partial charge >= 0.3 is 0 Å². The normalized spacial score (nSPS) is 24.4. The largest absolute Gasteiger partial charge is 0.272 e. The highest BCUT2D eigenvalue weighted by atomic mass is 16.7. The van der Waals surface area contributed by atoms with Crippen LogP contribution in [-0.4, -0.2) is 17.0 Å². The van der Waals surface area contributed by atoms with Crippen molar-refractivity contribution < 1.29 is 9.63 Å². The number of hydrogen-bond donors (Lipinski definition) is 0. The van der Waals surface area contributed by atoms with Crippen molar-refractivity contribution in [1.82, 2.24) is 5.06 Å². The van der Waals surface area contributed by atoms with Gasteiger partial charge in [-0.15, -0.1) is 0 Å². The molecule has 3 nitrogen and oxygen atoms in total. The van der Waals surface area contributed by atoms with E-state index < -0.39 is 0 Å². The Hall–Kier alpha value is -1.35. The first-order valence-electron chi connectivity index (χ1n) is 5.83. The first-order valence-corrected chi connectivity index (χ1v) is 5.83. The molecule has 3 heteroatoms. The van der Waals surface area contributed by atoms with Crippen molar-refractivity contribution in [1.29, 1.82) is 0 Å². The van der Waals surface area contributed by atoms with Crippen molar-refractivity contribution in [3.8, 4) is 0 Å². The van der Waals surface area contributed by atoms with E-state index in [1.807, 2.05) is 30.3 Å². The first kappa shape index (κ1) is 9.85. The van der Waals surface area contributed by atoms with Crippen LogP contribution in [0, 0.1) is 5.92 Å². The Morgan fingerprint density at radius 3 is 2.62 bits per heavy atom. The third-order valence-electron chi connectivity index (χ3n) is 3.31. The van der Waals surface area contributed by atoms with E-state index >= 15 is 0 Å². The highest BCUT2D eigenvalue weighted by Gasteiger charge is 2.46. The lowest BCUT2D eigenvalue weighted by Crippen LogP contribution is -2.53. The molecule has 0 bridgehead atoms. The van der Waals surface area contributed by atoms with Gasteiger partial charge in [-0.1, -0.05) is 30.3 Å². The monoisotopic (exact) mass is 217 g/mol. The molecule has 1 amide bonds. The molecule has 1 heterocycles. The van der Waals surface area contributed by atoms with Gasteiger partial charge in [-0.25, -0.2) is 5.06 Å². The Bertz CT molecular complexity index is 386. The fraction of sp³-hybridized carbons (Fsp3) is 0.462. The van der Waals surface area contributed by atoms with Crippen LogP contribution in [0.1, 0.15) is 24.8 Å². The molecule has 1 unspecified atom stereocenters. The van der Waals surface area contributed by atoms with Crippen molar-refractivity contribution >= 4 is 5.91 Å². The summed E-state index contributed by atoms with van der Waals surface area (Å²) in [5.41, 5.74) is 1.11. The van der Waals surface area contributed by atoms with Gasteiger partial charge in [-0.3, -0.25) is 9.63 Å². The highest BCUT2D eigenvalue weighted by molar-refractivity contribution is 5.82. The topological polar surface area (TPSA) is 29.5 Å². The smallest absolute Gasteiger partial charge is 0.248 e. The highest BCUT2D eigenvalue weighted by Crippen LogP contribution is 2.41. The van der Waals surface area contributed by atoms with Gasteiger partial charge in [-0.2, -0.15) is 0 Å². The van der Waals surface area contributed by atoms with Gasteiger partial charge in [0.2, 0.25) is 5.91 Å². The number of β-lactam (4-membered cyclic amide) rings is 1. The maximum absolute atomic E-state index is 11.4. The Morgan fingerprint density at radius 2 is 2.00 bits per heavy atom. The van der Waals surface area contributed by atoms with E-state index in [0.717, 1.165) is 5.56 Å². The SMILES string of the molecule is O=C1CC(C2CC2)N1OCc1ccccc1. The van der Waals surface area contributed by atoms with Crippen LogP contribution in [0.5, 0.6) is 0 Å². The van der Waals surface area contributed by atoms with E-state index in [2.05, 4.69) is 0 Å². The summed E-state index contributed by atoms with van der Waals surface area (Å²) in [4.78, 5) is 17.0. The van der Waals surface area contributed by atoms with Gasteiger partial charge in [0.15, 0.2) is 0 Å². The third kappa shape index (κ3) is 1.83. The predicted molar refractivity (Wildman–Crippen MR) is 59.2 cm³/mol. The van der Waals surface area contributed by atoms with Crippen molar-refractivity contribution in [2.45, 2.75) is 31.9 Å². The lowest BCUT2D eigenvalue weighted by molar-refractivity contribution is -0.236. The Labute approximate surface area is 95.0 Å². The standard InChI is InChI=1S/C13H15NO2/c15-13-8-12(11-6-7-11)14(13)16-9-10-4-2-1-3-5-10/h1-5,11-12H,6-9H2. The maximum Gasteiger partial charge on any atom is 0.248 e. The van der Waals surface area contributed by atoms with Crippen LogP contribution in [0.2, 0.25) is 0 Å². The number of hydroxylamine groups is 2. The number of hydrogen-bond acceptors (Lipinski definition) is 2. The molecule has 1 aromatic rings. The third-order valence-corrected chi connectivity index (χ3v) is 3.31. The molecular formula is C13H15NO2. The zero-order chi connectivity index (χ0) is 11.0. The van der Waals surface area contributed by atoms with Gasteiger partial charge < -0.3 is 0 Å². The summed E-state index contributed by atoms with van der Waals surface area (Å²) in [6.07, 6.45) is 3.19. The van der Waals surface area contributed by atoms with Crippen LogP contribution in [0.25, 0.3) is 0 Å². The van der Waals surface area contributed by atoms with Crippen LogP contribution >= 0.6 is 0 Å². The predicted octanol–water partition coefficient (Wildman–Crippen LogP) is 2.13. The molecule has 1 aliphatic heterocycles. The Balaban J connectivity index is 1.56. The fourth-order valence-corrected chi connectivity index (χ4v) is 2.15. The molecule has 1 aliphatic carbocycles. The van der Waals surface area contributed by atoms with Crippen molar-refractivity contribution in [2.24, 2.45) is 5.92 Å². The summed E-state index contributed by atoms with van der Waals surface area (Å²) in [7, 11) is 0. The molecule has 1 aromatic carbocycles. The minimum Gasteiger partial charge on any atom is -0.272 e. The second-order valence-electron chi connectivity index (χ2n) is 4.59. The van der Waals surface area contributed by atoms with E-state index in [9.17, 15) is 4.79 Å². The van der Waals surface area contributed by atoms with Crippen LogP contribution in [-0.2, 0) is 16.2 Å². The van der Waals surface area contributed by atoms with Crippen molar-refractivity contribution in [2.75, 3.05) is 0 Å². The molecule has 3 rings (SSSR count). The molecule has 16 heavy (non-hydrogen) atoms. The number of nitrogens with zero attached hydrogens (tertiary/aromatic N) is 1. The van der Waals surface area contributed by atoms with E-state index in [0.29, 0.717) is 25.0 Å². The lowest BCUT2D eigenvalue weighted by Gasteiger charge is -2.39. The van der Waals surface area contributed by atoms with Crippen LogP contribution < -0.4 is 0 Å². The molecule has 2 aliphatic rings. The molecule has 0 N–H and O–H groups in total. The number of carbonyl (C=O) groups excluding carboxylic acids is 1. The van der Waals surface area contributed by atoms with E-state index in [1.54, 1.807) is 5.06 Å².